The molecule has 3 aromatic carbocycles. The van der Waals surface area contributed by atoms with Crippen molar-refractivity contribution in [2.24, 2.45) is 0 Å². The van der Waals surface area contributed by atoms with Gasteiger partial charge in [0.15, 0.2) is 12.1 Å². The van der Waals surface area contributed by atoms with E-state index in [0.717, 1.165) is 16.7 Å². The van der Waals surface area contributed by atoms with Crippen LogP contribution in [0.3, 0.4) is 0 Å². The number of aliphatic hydroxyl groups is 1. The summed E-state index contributed by atoms with van der Waals surface area (Å²) in [7, 11) is 0. The molecule has 0 unspecified atom stereocenters. The van der Waals surface area contributed by atoms with Crippen LogP contribution in [0, 0.1) is 0 Å². The lowest BCUT2D eigenvalue weighted by molar-refractivity contribution is -0.227. The molecule has 3 aromatic rings. The quantitative estimate of drug-likeness (QED) is 0.591. The lowest BCUT2D eigenvalue weighted by atomic mass is 9.80. The van der Waals surface area contributed by atoms with Gasteiger partial charge >= 0.3 is 0 Å². The Bertz CT molecular complexity index is 925. The van der Waals surface area contributed by atoms with Gasteiger partial charge < -0.3 is 24.1 Å². The topological polar surface area (TPSA) is 57.2 Å². The summed E-state index contributed by atoms with van der Waals surface area (Å²) in [6.45, 7) is 3.91. The first-order valence-corrected chi connectivity index (χ1v) is 11.0. The summed E-state index contributed by atoms with van der Waals surface area (Å²) in [5.74, 6) is -0.770. The Hall–Kier alpha value is -2.54. The second-order valence-electron chi connectivity index (χ2n) is 8.72. The molecule has 0 bridgehead atoms. The van der Waals surface area contributed by atoms with E-state index in [2.05, 4.69) is 36.4 Å². The van der Waals surface area contributed by atoms with Crippen LogP contribution in [-0.2, 0) is 24.5 Å². The van der Waals surface area contributed by atoms with Crippen molar-refractivity contribution in [1.82, 2.24) is 0 Å². The number of rotatable bonds is 6. The van der Waals surface area contributed by atoms with Crippen LogP contribution in [0.25, 0.3) is 0 Å². The molecular formula is C27H28O5. The van der Waals surface area contributed by atoms with E-state index in [4.69, 9.17) is 18.9 Å². The Kier molecular flexibility index (Phi) is 5.61. The SMILES string of the molecule is CC1(C)O[C@@H]2[C@H](O1)[C@@H](COC(c1ccccc1)(c1ccccc1)c1ccccc1)O[C@H]2O. The smallest absolute Gasteiger partial charge is 0.184 e. The highest BCUT2D eigenvalue weighted by Crippen LogP contribution is 2.43. The van der Waals surface area contributed by atoms with Crippen molar-refractivity contribution < 1.29 is 24.1 Å². The van der Waals surface area contributed by atoms with Gasteiger partial charge in [-0.3, -0.25) is 0 Å². The average molecular weight is 433 g/mol. The average Bonchev–Trinajstić information content (AvgIpc) is 3.29. The van der Waals surface area contributed by atoms with E-state index in [0.29, 0.717) is 0 Å². The number of ether oxygens (including phenoxy) is 4. The maximum atomic E-state index is 10.4. The maximum absolute atomic E-state index is 10.4. The molecule has 0 amide bonds. The van der Waals surface area contributed by atoms with Gasteiger partial charge in [0.1, 0.15) is 23.9 Å². The van der Waals surface area contributed by atoms with Gasteiger partial charge in [0.05, 0.1) is 6.61 Å². The van der Waals surface area contributed by atoms with E-state index in [1.807, 2.05) is 68.4 Å². The third-order valence-corrected chi connectivity index (χ3v) is 6.13. The van der Waals surface area contributed by atoms with Crippen molar-refractivity contribution in [3.63, 3.8) is 0 Å². The van der Waals surface area contributed by atoms with E-state index in [-0.39, 0.29) is 6.61 Å². The number of fused-ring (bicyclic) bond motifs is 1. The van der Waals surface area contributed by atoms with Crippen molar-refractivity contribution in [3.05, 3.63) is 108 Å². The van der Waals surface area contributed by atoms with Crippen LogP contribution < -0.4 is 0 Å². The maximum Gasteiger partial charge on any atom is 0.184 e. The molecular weight excluding hydrogens is 404 g/mol. The zero-order valence-corrected chi connectivity index (χ0v) is 18.3. The number of hydrogen-bond acceptors (Lipinski definition) is 5. The molecule has 0 aliphatic carbocycles. The first-order chi connectivity index (χ1) is 15.5. The third-order valence-electron chi connectivity index (χ3n) is 6.13. The van der Waals surface area contributed by atoms with Gasteiger partial charge in [-0.15, -0.1) is 0 Å². The van der Waals surface area contributed by atoms with Gasteiger partial charge in [0.2, 0.25) is 0 Å². The summed E-state index contributed by atoms with van der Waals surface area (Å²) in [4.78, 5) is 0. The number of aliphatic hydroxyl groups excluding tert-OH is 1. The van der Waals surface area contributed by atoms with Gasteiger partial charge in [0, 0.05) is 0 Å². The van der Waals surface area contributed by atoms with E-state index in [9.17, 15) is 5.11 Å². The molecule has 5 nitrogen and oxygen atoms in total. The molecule has 0 spiro atoms. The van der Waals surface area contributed by atoms with Crippen LogP contribution in [0.15, 0.2) is 91.0 Å². The lowest BCUT2D eigenvalue weighted by Crippen LogP contribution is -2.39. The van der Waals surface area contributed by atoms with Crippen molar-refractivity contribution in [2.75, 3.05) is 6.61 Å². The summed E-state index contributed by atoms with van der Waals surface area (Å²) in [6, 6.07) is 30.5. The highest BCUT2D eigenvalue weighted by Gasteiger charge is 2.55. The van der Waals surface area contributed by atoms with Crippen LogP contribution in [0.1, 0.15) is 30.5 Å². The fourth-order valence-electron chi connectivity index (χ4n) is 4.77. The Morgan fingerprint density at radius 2 is 1.19 bits per heavy atom. The molecule has 1 N–H and O–H groups in total. The van der Waals surface area contributed by atoms with E-state index in [1.54, 1.807) is 0 Å². The van der Waals surface area contributed by atoms with Crippen LogP contribution in [0.4, 0.5) is 0 Å². The minimum absolute atomic E-state index is 0.219. The summed E-state index contributed by atoms with van der Waals surface area (Å²) >= 11 is 0. The second-order valence-corrected chi connectivity index (χ2v) is 8.72. The zero-order chi connectivity index (χ0) is 22.2. The summed E-state index contributed by atoms with van der Waals surface area (Å²) < 4.78 is 24.5. The first kappa shape index (κ1) is 21.3. The van der Waals surface area contributed by atoms with Gasteiger partial charge in [-0.25, -0.2) is 0 Å². The van der Waals surface area contributed by atoms with E-state index < -0.39 is 36.0 Å². The largest absolute Gasteiger partial charge is 0.366 e. The summed E-state index contributed by atoms with van der Waals surface area (Å²) in [5.41, 5.74) is 2.18. The monoisotopic (exact) mass is 432 g/mol. The van der Waals surface area contributed by atoms with Crippen molar-refractivity contribution in [2.45, 2.75) is 49.8 Å². The Balaban J connectivity index is 1.55. The van der Waals surface area contributed by atoms with Crippen LogP contribution in [0.5, 0.6) is 0 Å². The van der Waals surface area contributed by atoms with Crippen LogP contribution in [-0.4, -0.2) is 42.1 Å². The molecule has 5 rings (SSSR count). The fraction of sp³-hybridized carbons (Fsp3) is 0.333. The molecule has 0 aromatic heterocycles. The lowest BCUT2D eigenvalue weighted by Gasteiger charge is -2.37. The molecule has 166 valence electrons. The molecule has 0 saturated carbocycles. The molecule has 4 atom stereocenters. The summed E-state index contributed by atoms with van der Waals surface area (Å²) in [5, 5.41) is 10.4. The Morgan fingerprint density at radius 3 is 1.66 bits per heavy atom. The number of hydrogen-bond donors (Lipinski definition) is 1. The molecule has 2 fully saturated rings. The van der Waals surface area contributed by atoms with Crippen molar-refractivity contribution >= 4 is 0 Å². The highest BCUT2D eigenvalue weighted by atomic mass is 16.8. The van der Waals surface area contributed by atoms with Crippen molar-refractivity contribution in [1.29, 1.82) is 0 Å². The molecule has 2 heterocycles. The van der Waals surface area contributed by atoms with Gasteiger partial charge in [0.25, 0.3) is 0 Å². The van der Waals surface area contributed by atoms with Gasteiger partial charge in [-0.1, -0.05) is 91.0 Å². The normalized spacial score (nSPS) is 26.7. The first-order valence-electron chi connectivity index (χ1n) is 11.0. The standard InChI is InChI=1S/C27H28O5/c1-26(2)31-23-22(30-25(28)24(23)32-26)18-29-27(19-12-6-3-7-13-19,20-14-8-4-9-15-20)21-16-10-5-11-17-21/h3-17,22-25,28H,18H2,1-2H3/t22-,23-,24-,25-/m1/s1. The predicted octanol–water partition coefficient (Wildman–Crippen LogP) is 4.23. The minimum atomic E-state index is -1.05. The third kappa shape index (κ3) is 3.76. The molecule has 2 aliphatic heterocycles. The fourth-order valence-corrected chi connectivity index (χ4v) is 4.77. The van der Waals surface area contributed by atoms with Crippen molar-refractivity contribution in [3.8, 4) is 0 Å². The molecule has 0 radical (unpaired) electrons. The predicted molar refractivity (Wildman–Crippen MR) is 120 cm³/mol. The molecule has 2 saturated heterocycles. The summed E-state index contributed by atoms with van der Waals surface area (Å²) in [6.07, 6.45) is -2.44. The highest BCUT2D eigenvalue weighted by molar-refractivity contribution is 5.47. The second kappa shape index (κ2) is 8.43. The van der Waals surface area contributed by atoms with E-state index in [1.165, 1.54) is 0 Å². The molecule has 5 heteroatoms. The molecule has 32 heavy (non-hydrogen) atoms. The minimum Gasteiger partial charge on any atom is -0.366 e. The number of benzene rings is 3. The van der Waals surface area contributed by atoms with E-state index >= 15 is 0 Å². The van der Waals surface area contributed by atoms with Crippen LogP contribution in [0.2, 0.25) is 0 Å². The molecule has 2 aliphatic rings. The Labute approximate surface area is 188 Å². The van der Waals surface area contributed by atoms with Crippen LogP contribution >= 0.6 is 0 Å². The Morgan fingerprint density at radius 1 is 0.750 bits per heavy atom. The van der Waals surface area contributed by atoms with Gasteiger partial charge in [-0.2, -0.15) is 0 Å². The van der Waals surface area contributed by atoms with Gasteiger partial charge in [-0.05, 0) is 30.5 Å². The zero-order valence-electron chi connectivity index (χ0n) is 18.3.